The molecule has 10 nitrogen and oxygen atoms in total. The zero-order valence-electron chi connectivity index (χ0n) is 21.5. The van der Waals surface area contributed by atoms with E-state index in [4.69, 9.17) is 9.47 Å². The Morgan fingerprint density at radius 3 is 1.55 bits per heavy atom. The summed E-state index contributed by atoms with van der Waals surface area (Å²) >= 11 is 3.15. The second kappa shape index (κ2) is 13.6. The number of amides is 2. The Labute approximate surface area is 251 Å². The summed E-state index contributed by atoms with van der Waals surface area (Å²) in [5.41, 5.74) is -0.590. The zero-order valence-corrected chi connectivity index (χ0v) is 23.1. The lowest BCUT2D eigenvalue weighted by Crippen LogP contribution is -2.54. The third-order valence-corrected chi connectivity index (χ3v) is 6.03. The van der Waals surface area contributed by atoms with Crippen molar-refractivity contribution in [3.05, 3.63) is 105 Å². The molecule has 3 aromatic carbocycles. The lowest BCUT2D eigenvalue weighted by Gasteiger charge is -2.24. The van der Waals surface area contributed by atoms with E-state index >= 15 is 0 Å². The first kappa shape index (κ1) is 33.6. The van der Waals surface area contributed by atoms with Crippen LogP contribution < -0.4 is 10.9 Å². The van der Waals surface area contributed by atoms with E-state index < -0.39 is 76.5 Å². The molecule has 2 atom stereocenters. The van der Waals surface area contributed by atoms with Crippen molar-refractivity contribution in [1.82, 2.24) is 10.9 Å². The van der Waals surface area contributed by atoms with Crippen molar-refractivity contribution < 1.29 is 64.9 Å². The molecule has 2 amide bonds. The lowest BCUT2D eigenvalue weighted by molar-refractivity contribution is -0.159. The van der Waals surface area contributed by atoms with E-state index in [0.717, 1.165) is 24.3 Å². The van der Waals surface area contributed by atoms with Gasteiger partial charge in [0, 0.05) is 10.0 Å². The molecule has 0 aliphatic rings. The molecule has 17 heteroatoms. The highest BCUT2D eigenvalue weighted by molar-refractivity contribution is 9.10. The van der Waals surface area contributed by atoms with E-state index in [1.54, 1.807) is 5.43 Å². The number of carboxylic acid groups (broad SMARTS) is 1. The maximum absolute atomic E-state index is 13.1. The third kappa shape index (κ3) is 8.79. The molecule has 232 valence electrons. The Morgan fingerprint density at radius 1 is 0.659 bits per heavy atom. The smallest absolute Gasteiger partial charge is 0.416 e. The van der Waals surface area contributed by atoms with Gasteiger partial charge in [-0.1, -0.05) is 28.1 Å². The maximum atomic E-state index is 13.1. The molecule has 0 fully saturated rings. The largest absolute Gasteiger partial charge is 0.478 e. The molecule has 0 bridgehead atoms. The van der Waals surface area contributed by atoms with Crippen LogP contribution in [0.4, 0.5) is 26.3 Å². The average Bonchev–Trinajstić information content (AvgIpc) is 2.96. The van der Waals surface area contributed by atoms with E-state index in [2.05, 4.69) is 15.9 Å². The predicted octanol–water partition coefficient (Wildman–Crippen LogP) is 4.78. The molecule has 3 aromatic rings. The van der Waals surface area contributed by atoms with Gasteiger partial charge in [-0.05, 0) is 60.7 Å². The van der Waals surface area contributed by atoms with Crippen LogP contribution in [0.15, 0.2) is 77.3 Å². The van der Waals surface area contributed by atoms with E-state index in [9.17, 15) is 55.4 Å². The molecule has 0 aromatic heterocycles. The Hall–Kier alpha value is -4.93. The Morgan fingerprint density at radius 2 is 1.11 bits per heavy atom. The van der Waals surface area contributed by atoms with Gasteiger partial charge in [0.25, 0.3) is 11.8 Å². The molecule has 0 aliphatic carbocycles. The van der Waals surface area contributed by atoms with Crippen LogP contribution in [0.5, 0.6) is 0 Å². The summed E-state index contributed by atoms with van der Waals surface area (Å²) in [4.78, 5) is 62.8. The molecular weight excluding hydrogens is 674 g/mol. The van der Waals surface area contributed by atoms with E-state index in [0.29, 0.717) is 28.7 Å². The van der Waals surface area contributed by atoms with Crippen LogP contribution in [0.25, 0.3) is 0 Å². The first-order chi connectivity index (χ1) is 20.5. The number of nitrogens with one attached hydrogen (secondary N) is 2. The minimum Gasteiger partial charge on any atom is -0.478 e. The Kier molecular flexibility index (Phi) is 10.4. The fraction of sp³-hybridized carbons (Fsp3) is 0.148. The molecule has 0 radical (unpaired) electrons. The number of carboxylic acids is 1. The number of aliphatic carboxylic acids is 1. The number of rotatable bonds is 8. The van der Waals surface area contributed by atoms with Crippen molar-refractivity contribution in [1.29, 1.82) is 0 Å². The van der Waals surface area contributed by atoms with Gasteiger partial charge in [0.05, 0.1) is 22.3 Å². The van der Waals surface area contributed by atoms with E-state index in [1.165, 1.54) is 24.3 Å². The highest BCUT2D eigenvalue weighted by atomic mass is 79.9. The minimum atomic E-state index is -4.91. The molecule has 0 unspecified atom stereocenters. The molecule has 3 rings (SSSR count). The Bertz CT molecular complexity index is 1580. The van der Waals surface area contributed by atoms with Gasteiger partial charge in [-0.15, -0.1) is 0 Å². The van der Waals surface area contributed by atoms with Gasteiger partial charge in [0.1, 0.15) is 0 Å². The number of benzene rings is 3. The highest BCUT2D eigenvalue weighted by Gasteiger charge is 2.42. The minimum absolute atomic E-state index is 0.0169. The van der Waals surface area contributed by atoms with Gasteiger partial charge in [-0.25, -0.2) is 14.4 Å². The van der Waals surface area contributed by atoms with Crippen molar-refractivity contribution >= 4 is 45.7 Å². The fourth-order valence-electron chi connectivity index (χ4n) is 3.37. The maximum Gasteiger partial charge on any atom is 0.416 e. The van der Waals surface area contributed by atoms with Crippen molar-refractivity contribution in [3.63, 3.8) is 0 Å². The number of halogens is 7. The summed E-state index contributed by atoms with van der Waals surface area (Å²) in [6.07, 6.45) is -15.3. The molecular formula is C27H17BrF6N2O8. The molecule has 0 saturated heterocycles. The van der Waals surface area contributed by atoms with Crippen LogP contribution in [0.2, 0.25) is 0 Å². The number of hydrogen-bond acceptors (Lipinski definition) is 7. The summed E-state index contributed by atoms with van der Waals surface area (Å²) in [5.74, 6) is -8.13. The molecule has 44 heavy (non-hydrogen) atoms. The number of ether oxygens (including phenoxy) is 2. The van der Waals surface area contributed by atoms with Crippen molar-refractivity contribution in [3.8, 4) is 0 Å². The number of hydrazine groups is 1. The first-order valence-corrected chi connectivity index (χ1v) is 12.6. The number of esters is 2. The fourth-order valence-corrected chi connectivity index (χ4v) is 3.63. The van der Waals surface area contributed by atoms with Gasteiger partial charge >= 0.3 is 30.3 Å². The van der Waals surface area contributed by atoms with Gasteiger partial charge in [0.2, 0.25) is 12.2 Å². The first-order valence-electron chi connectivity index (χ1n) is 11.8. The predicted molar refractivity (Wildman–Crippen MR) is 139 cm³/mol. The van der Waals surface area contributed by atoms with Gasteiger partial charge in [-0.2, -0.15) is 26.3 Å². The summed E-state index contributed by atoms with van der Waals surface area (Å²) in [7, 11) is 0. The zero-order chi connectivity index (χ0) is 32.8. The summed E-state index contributed by atoms with van der Waals surface area (Å²) in [6, 6.07) is 10.7. The summed E-state index contributed by atoms with van der Waals surface area (Å²) < 4.78 is 88.8. The standard InChI is InChI=1S/C27H17BrF6N2O8/c28-18-9-7-13(8-10-18)21(37)35-36-22(38)19(43-24(41)14-3-1-5-16(11-14)26(29,30)31)20(23(39)40)44-25(42)15-4-2-6-17(12-15)27(32,33)34/h1-12,19-20H,(H,35,37)(H,36,38)(H,39,40)/t19-,20+/m0/s1. The van der Waals surface area contributed by atoms with Crippen molar-refractivity contribution in [2.75, 3.05) is 0 Å². The summed E-state index contributed by atoms with van der Waals surface area (Å²) in [5, 5.41) is 9.72. The number of hydrogen-bond donors (Lipinski definition) is 3. The van der Waals surface area contributed by atoms with Crippen LogP contribution >= 0.6 is 15.9 Å². The molecule has 3 N–H and O–H groups in total. The number of carbonyl (C=O) groups excluding carboxylic acids is 4. The van der Waals surface area contributed by atoms with Crippen LogP contribution in [-0.2, 0) is 31.4 Å². The van der Waals surface area contributed by atoms with Gasteiger partial charge < -0.3 is 14.6 Å². The number of alkyl halides is 6. The monoisotopic (exact) mass is 690 g/mol. The van der Waals surface area contributed by atoms with Crippen LogP contribution in [0.1, 0.15) is 42.2 Å². The topological polar surface area (TPSA) is 148 Å². The number of carbonyl (C=O) groups is 5. The van der Waals surface area contributed by atoms with Gasteiger partial charge in [-0.3, -0.25) is 20.4 Å². The van der Waals surface area contributed by atoms with Crippen LogP contribution in [-0.4, -0.2) is 47.0 Å². The van der Waals surface area contributed by atoms with Crippen molar-refractivity contribution in [2.24, 2.45) is 0 Å². The second-order valence-electron chi connectivity index (χ2n) is 8.60. The van der Waals surface area contributed by atoms with E-state index in [1.807, 2.05) is 5.43 Å². The summed E-state index contributed by atoms with van der Waals surface area (Å²) in [6.45, 7) is 0. The lowest BCUT2D eigenvalue weighted by atomic mass is 10.1. The quantitative estimate of drug-likeness (QED) is 0.174. The highest BCUT2D eigenvalue weighted by Crippen LogP contribution is 2.31. The average molecular weight is 691 g/mol. The SMILES string of the molecule is O=C(NNC(=O)[C@@H](OC(=O)c1cccc(C(F)(F)F)c1)[C@@H](OC(=O)c1cccc(C(F)(F)F)c1)C(=O)O)c1ccc(Br)cc1. The normalized spacial score (nSPS) is 12.8. The third-order valence-electron chi connectivity index (χ3n) is 5.50. The molecule has 0 spiro atoms. The second-order valence-corrected chi connectivity index (χ2v) is 9.51. The van der Waals surface area contributed by atoms with Crippen LogP contribution in [0.3, 0.4) is 0 Å². The Balaban J connectivity index is 1.92. The van der Waals surface area contributed by atoms with Gasteiger partial charge in [0.15, 0.2) is 0 Å². The van der Waals surface area contributed by atoms with Crippen molar-refractivity contribution in [2.45, 2.75) is 24.6 Å². The molecule has 0 saturated carbocycles. The van der Waals surface area contributed by atoms with E-state index in [-0.39, 0.29) is 5.56 Å². The molecule has 0 heterocycles. The molecule has 0 aliphatic heterocycles. The van der Waals surface area contributed by atoms with Crippen LogP contribution in [0, 0.1) is 0 Å².